The molecule has 11 heavy (non-hydrogen) atoms. The van der Waals surface area contributed by atoms with E-state index in [1.54, 1.807) is 24.3 Å². The lowest BCUT2D eigenvalue weighted by Crippen LogP contribution is -2.36. The summed E-state index contributed by atoms with van der Waals surface area (Å²) in [5.74, 6) is 0.431. The van der Waals surface area contributed by atoms with Crippen LogP contribution < -0.4 is 4.74 Å². The highest BCUT2D eigenvalue weighted by molar-refractivity contribution is 6.37. The van der Waals surface area contributed by atoms with Crippen molar-refractivity contribution in [2.75, 3.05) is 0 Å². The van der Waals surface area contributed by atoms with Crippen molar-refractivity contribution in [2.24, 2.45) is 0 Å². The largest absolute Gasteiger partial charge is 0.482 e. The fraction of sp³-hybridized carbons (Fsp3) is 0.143. The van der Waals surface area contributed by atoms with E-state index in [4.69, 9.17) is 25.5 Å². The maximum absolute atomic E-state index is 8.80. The first kappa shape index (κ1) is 8.21. The Kier molecular flexibility index (Phi) is 2.25. The zero-order valence-corrected chi connectivity index (χ0v) is 5.90. The standard InChI is InChI=1S/C7H6B2O2/c8-7(9,10)11-6-4-2-1-3-5-6/h1-5,10H. The zero-order valence-electron chi connectivity index (χ0n) is 5.90. The molecule has 0 aliphatic carbocycles. The predicted octanol–water partition coefficient (Wildman–Crippen LogP) is 0.00600. The van der Waals surface area contributed by atoms with Gasteiger partial charge in [-0.05, 0) is 12.1 Å². The van der Waals surface area contributed by atoms with Crippen LogP contribution in [0, 0.1) is 0 Å². The highest BCUT2D eigenvalue weighted by Gasteiger charge is 2.11. The summed E-state index contributed by atoms with van der Waals surface area (Å²) in [5.41, 5.74) is -2.10. The van der Waals surface area contributed by atoms with Crippen molar-refractivity contribution in [1.29, 1.82) is 0 Å². The average Bonchev–Trinajstić information content (AvgIpc) is 1.85. The molecule has 0 saturated heterocycles. The molecule has 2 nitrogen and oxygen atoms in total. The second-order valence-electron chi connectivity index (χ2n) is 2.17. The van der Waals surface area contributed by atoms with Gasteiger partial charge in [0.05, 0.1) is 0 Å². The van der Waals surface area contributed by atoms with Crippen LogP contribution in [0.3, 0.4) is 0 Å². The van der Waals surface area contributed by atoms with E-state index in [2.05, 4.69) is 0 Å². The summed E-state index contributed by atoms with van der Waals surface area (Å²) in [6.07, 6.45) is 0. The molecule has 0 aliphatic rings. The molecule has 0 bridgehead atoms. The molecule has 1 aromatic carbocycles. The molecule has 0 atom stereocenters. The van der Waals surface area contributed by atoms with Crippen molar-refractivity contribution in [3.63, 3.8) is 0 Å². The van der Waals surface area contributed by atoms with E-state index in [9.17, 15) is 0 Å². The van der Waals surface area contributed by atoms with Gasteiger partial charge in [-0.1, -0.05) is 18.2 Å². The molecule has 0 saturated carbocycles. The molecule has 0 heterocycles. The molecule has 1 aromatic rings. The molecule has 52 valence electrons. The number of rotatable bonds is 2. The number of hydrogen-bond acceptors (Lipinski definition) is 2. The second-order valence-corrected chi connectivity index (χ2v) is 2.17. The molecule has 0 unspecified atom stereocenters. The first-order valence-electron chi connectivity index (χ1n) is 3.12. The normalized spacial score (nSPS) is 11.0. The van der Waals surface area contributed by atoms with Gasteiger partial charge in [-0.3, -0.25) is 0 Å². The Bertz CT molecular complexity index is 218. The Morgan fingerprint density at radius 2 is 1.73 bits per heavy atom. The Balaban J connectivity index is 2.66. The molecule has 0 aromatic heterocycles. The van der Waals surface area contributed by atoms with Gasteiger partial charge in [-0.2, -0.15) is 0 Å². The van der Waals surface area contributed by atoms with Gasteiger partial charge in [0.1, 0.15) is 11.3 Å². The summed E-state index contributed by atoms with van der Waals surface area (Å²) < 4.78 is 4.71. The summed E-state index contributed by atoms with van der Waals surface area (Å²) in [7, 11) is 9.96. The lowest BCUT2D eigenvalue weighted by molar-refractivity contribution is 0.0128. The highest BCUT2D eigenvalue weighted by atomic mass is 16.6. The minimum absolute atomic E-state index is 0.431. The van der Waals surface area contributed by atoms with Crippen LogP contribution >= 0.6 is 0 Å². The van der Waals surface area contributed by atoms with Gasteiger partial charge in [0.2, 0.25) is 0 Å². The smallest absolute Gasteiger partial charge is 0.156 e. The number of ether oxygens (including phenoxy) is 1. The van der Waals surface area contributed by atoms with E-state index >= 15 is 0 Å². The number of hydrogen-bond donors (Lipinski definition) is 1. The molecular weight excluding hydrogens is 138 g/mol. The molecule has 0 fully saturated rings. The molecule has 0 aliphatic heterocycles. The van der Waals surface area contributed by atoms with Gasteiger partial charge in [0.25, 0.3) is 0 Å². The fourth-order valence-corrected chi connectivity index (χ4v) is 0.677. The fourth-order valence-electron chi connectivity index (χ4n) is 0.677. The molecule has 1 rings (SSSR count). The highest BCUT2D eigenvalue weighted by Crippen LogP contribution is 2.11. The third kappa shape index (κ3) is 3.14. The summed E-state index contributed by atoms with van der Waals surface area (Å²) in [6.45, 7) is 0. The van der Waals surface area contributed by atoms with E-state index in [0.29, 0.717) is 5.75 Å². The zero-order chi connectivity index (χ0) is 8.32. The minimum Gasteiger partial charge on any atom is -0.482 e. The number of aliphatic hydroxyl groups is 1. The molecule has 0 spiro atoms. The lowest BCUT2D eigenvalue weighted by atomic mass is 9.76. The first-order chi connectivity index (χ1) is 5.08. The summed E-state index contributed by atoms with van der Waals surface area (Å²) in [4.78, 5) is 0. The Hall–Kier alpha value is -0.890. The van der Waals surface area contributed by atoms with Crippen LogP contribution in [0.15, 0.2) is 30.3 Å². The SMILES string of the molecule is [B]C([B])(O)Oc1ccccc1. The quantitative estimate of drug-likeness (QED) is 0.467. The van der Waals surface area contributed by atoms with E-state index in [0.717, 1.165) is 0 Å². The van der Waals surface area contributed by atoms with Crippen molar-refractivity contribution in [1.82, 2.24) is 0 Å². The van der Waals surface area contributed by atoms with Crippen LogP contribution in [-0.4, -0.2) is 26.4 Å². The van der Waals surface area contributed by atoms with Crippen LogP contribution in [0.5, 0.6) is 5.75 Å². The van der Waals surface area contributed by atoms with Gasteiger partial charge < -0.3 is 9.84 Å². The third-order valence-electron chi connectivity index (χ3n) is 1.02. The second kappa shape index (κ2) is 3.01. The number of para-hydroxylation sites is 1. The average molecular weight is 144 g/mol. The van der Waals surface area contributed by atoms with Gasteiger partial charge >= 0.3 is 0 Å². The van der Waals surface area contributed by atoms with Crippen molar-refractivity contribution < 1.29 is 9.84 Å². The maximum atomic E-state index is 8.80. The molecule has 1 N–H and O–H groups in total. The van der Waals surface area contributed by atoms with Crippen LogP contribution in [0.4, 0.5) is 0 Å². The summed E-state index contributed by atoms with van der Waals surface area (Å²) in [5, 5.41) is 8.80. The van der Waals surface area contributed by atoms with Crippen molar-refractivity contribution in [3.05, 3.63) is 30.3 Å². The summed E-state index contributed by atoms with van der Waals surface area (Å²) >= 11 is 0. The van der Waals surface area contributed by atoms with Crippen LogP contribution in [0.25, 0.3) is 0 Å². The van der Waals surface area contributed by atoms with E-state index in [1.165, 1.54) is 0 Å². The van der Waals surface area contributed by atoms with Crippen molar-refractivity contribution >= 4 is 15.7 Å². The Morgan fingerprint density at radius 1 is 1.18 bits per heavy atom. The minimum atomic E-state index is -2.10. The van der Waals surface area contributed by atoms with E-state index in [-0.39, 0.29) is 0 Å². The maximum Gasteiger partial charge on any atom is 0.156 e. The third-order valence-corrected chi connectivity index (χ3v) is 1.02. The van der Waals surface area contributed by atoms with Crippen LogP contribution in [-0.2, 0) is 0 Å². The van der Waals surface area contributed by atoms with Gasteiger partial charge in [0, 0.05) is 0 Å². The van der Waals surface area contributed by atoms with Crippen molar-refractivity contribution in [3.8, 4) is 5.75 Å². The first-order valence-corrected chi connectivity index (χ1v) is 3.12. The van der Waals surface area contributed by atoms with E-state index in [1.807, 2.05) is 6.07 Å². The molecule has 4 radical (unpaired) electrons. The lowest BCUT2D eigenvalue weighted by Gasteiger charge is -2.20. The Labute approximate surface area is 68.0 Å². The van der Waals surface area contributed by atoms with Gasteiger partial charge in [-0.15, -0.1) is 0 Å². The summed E-state index contributed by atoms with van der Waals surface area (Å²) in [6, 6.07) is 8.61. The van der Waals surface area contributed by atoms with Gasteiger partial charge in [-0.25, -0.2) is 0 Å². The molecule has 4 heteroatoms. The van der Waals surface area contributed by atoms with Crippen LogP contribution in [0.1, 0.15) is 0 Å². The van der Waals surface area contributed by atoms with Crippen LogP contribution in [0.2, 0.25) is 0 Å². The monoisotopic (exact) mass is 144 g/mol. The molecule has 0 amide bonds. The topological polar surface area (TPSA) is 29.5 Å². The predicted molar refractivity (Wildman–Crippen MR) is 43.5 cm³/mol. The van der Waals surface area contributed by atoms with E-state index < -0.39 is 5.59 Å². The van der Waals surface area contributed by atoms with Crippen molar-refractivity contribution in [2.45, 2.75) is 5.59 Å². The Morgan fingerprint density at radius 3 is 2.18 bits per heavy atom. The van der Waals surface area contributed by atoms with Gasteiger partial charge in [0.15, 0.2) is 15.7 Å². The number of benzene rings is 1. The molecular formula is C7H6B2O2.